The maximum Gasteiger partial charge on any atom is 0.179 e. The molecule has 0 spiro atoms. The lowest BCUT2D eigenvalue weighted by molar-refractivity contribution is 0.777. The summed E-state index contributed by atoms with van der Waals surface area (Å²) in [6, 6.07) is 3.93. The predicted molar refractivity (Wildman–Crippen MR) is 72.7 cm³/mol. The number of nitrogens with two attached hydrogens (primary N) is 1. The van der Waals surface area contributed by atoms with Crippen molar-refractivity contribution in [2.24, 2.45) is 5.73 Å². The van der Waals surface area contributed by atoms with Crippen LogP contribution in [0.2, 0.25) is 0 Å². The fourth-order valence-corrected chi connectivity index (χ4v) is 3.52. The van der Waals surface area contributed by atoms with E-state index in [4.69, 9.17) is 5.73 Å². The summed E-state index contributed by atoms with van der Waals surface area (Å²) in [5.41, 5.74) is 6.64. The molecule has 7 heteroatoms. The smallest absolute Gasteiger partial charge is 0.179 e. The van der Waals surface area contributed by atoms with E-state index in [9.17, 15) is 0 Å². The maximum absolute atomic E-state index is 5.75. The minimum Gasteiger partial charge on any atom is -0.323 e. The molecule has 17 heavy (non-hydrogen) atoms. The van der Waals surface area contributed by atoms with E-state index in [1.165, 1.54) is 0 Å². The van der Waals surface area contributed by atoms with Gasteiger partial charge in [0, 0.05) is 17.1 Å². The summed E-state index contributed by atoms with van der Waals surface area (Å²) in [7, 11) is 0. The highest BCUT2D eigenvalue weighted by Crippen LogP contribution is 2.32. The average Bonchev–Trinajstić information content (AvgIpc) is 2.77. The van der Waals surface area contributed by atoms with E-state index in [-0.39, 0.29) is 6.04 Å². The van der Waals surface area contributed by atoms with Crippen LogP contribution in [-0.4, -0.2) is 21.4 Å². The Labute approximate surface area is 112 Å². The van der Waals surface area contributed by atoms with Crippen LogP contribution in [0, 0.1) is 0 Å². The molecule has 1 atom stereocenters. The highest BCUT2D eigenvalue weighted by atomic mass is 32.2. The number of pyridine rings is 1. The summed E-state index contributed by atoms with van der Waals surface area (Å²) >= 11 is 4.77. The lowest BCUT2D eigenvalue weighted by Gasteiger charge is -2.04. The van der Waals surface area contributed by atoms with E-state index in [1.54, 1.807) is 34.9 Å². The first-order chi connectivity index (χ1) is 8.19. The molecule has 4 nitrogen and oxygen atoms in total. The topological polar surface area (TPSA) is 64.7 Å². The van der Waals surface area contributed by atoms with Crippen molar-refractivity contribution in [3.05, 3.63) is 24.0 Å². The monoisotopic (exact) mass is 284 g/mol. The van der Waals surface area contributed by atoms with Gasteiger partial charge in [0.05, 0.1) is 5.69 Å². The SMILES string of the molecule is CSc1nnc(Sc2ccc(C(C)N)nc2)s1. The van der Waals surface area contributed by atoms with Crippen molar-refractivity contribution in [2.45, 2.75) is 26.5 Å². The van der Waals surface area contributed by atoms with Crippen molar-refractivity contribution in [1.29, 1.82) is 0 Å². The molecule has 0 saturated heterocycles. The second-order valence-corrected chi connectivity index (χ2v) is 6.70. The van der Waals surface area contributed by atoms with Crippen LogP contribution in [0.3, 0.4) is 0 Å². The maximum atomic E-state index is 5.75. The molecule has 90 valence electrons. The van der Waals surface area contributed by atoms with Crippen LogP contribution in [0.5, 0.6) is 0 Å². The molecule has 0 aliphatic rings. The zero-order chi connectivity index (χ0) is 12.3. The van der Waals surface area contributed by atoms with Gasteiger partial charge < -0.3 is 5.73 Å². The van der Waals surface area contributed by atoms with Gasteiger partial charge in [0.1, 0.15) is 0 Å². The van der Waals surface area contributed by atoms with Crippen molar-refractivity contribution in [3.8, 4) is 0 Å². The lowest BCUT2D eigenvalue weighted by atomic mass is 10.2. The second kappa shape index (κ2) is 5.81. The fraction of sp³-hybridized carbons (Fsp3) is 0.300. The quantitative estimate of drug-likeness (QED) is 0.871. The van der Waals surface area contributed by atoms with Crippen LogP contribution in [0.1, 0.15) is 18.7 Å². The first kappa shape index (κ1) is 12.8. The summed E-state index contributed by atoms with van der Waals surface area (Å²) in [6.07, 6.45) is 3.82. The normalized spacial score (nSPS) is 12.6. The first-order valence-electron chi connectivity index (χ1n) is 4.96. The van der Waals surface area contributed by atoms with Crippen LogP contribution in [0.4, 0.5) is 0 Å². The molecular formula is C10H12N4S3. The van der Waals surface area contributed by atoms with Crippen LogP contribution in [0.25, 0.3) is 0 Å². The van der Waals surface area contributed by atoms with Gasteiger partial charge in [-0.1, -0.05) is 34.9 Å². The molecule has 1 unspecified atom stereocenters. The van der Waals surface area contributed by atoms with E-state index in [1.807, 2.05) is 31.5 Å². The minimum absolute atomic E-state index is 0.0290. The number of hydrogen-bond acceptors (Lipinski definition) is 7. The highest BCUT2D eigenvalue weighted by Gasteiger charge is 2.06. The lowest BCUT2D eigenvalue weighted by Crippen LogP contribution is -2.06. The molecule has 0 aromatic carbocycles. The minimum atomic E-state index is -0.0290. The molecule has 0 saturated carbocycles. The molecule has 2 aromatic heterocycles. The van der Waals surface area contributed by atoms with Crippen molar-refractivity contribution in [2.75, 3.05) is 6.26 Å². The Morgan fingerprint density at radius 3 is 2.59 bits per heavy atom. The molecule has 2 heterocycles. The van der Waals surface area contributed by atoms with Crippen molar-refractivity contribution in [3.63, 3.8) is 0 Å². The van der Waals surface area contributed by atoms with E-state index < -0.39 is 0 Å². The van der Waals surface area contributed by atoms with Crippen LogP contribution < -0.4 is 5.73 Å². The average molecular weight is 284 g/mol. The zero-order valence-electron chi connectivity index (χ0n) is 9.45. The van der Waals surface area contributed by atoms with Crippen LogP contribution in [-0.2, 0) is 0 Å². The van der Waals surface area contributed by atoms with Gasteiger partial charge in [-0.15, -0.1) is 10.2 Å². The Morgan fingerprint density at radius 1 is 1.29 bits per heavy atom. The first-order valence-corrected chi connectivity index (χ1v) is 7.81. The molecule has 0 amide bonds. The molecule has 2 aromatic rings. The van der Waals surface area contributed by atoms with Crippen LogP contribution in [0.15, 0.2) is 31.9 Å². The molecule has 0 aliphatic heterocycles. The summed E-state index contributed by atoms with van der Waals surface area (Å²) in [6.45, 7) is 1.92. The third-order valence-corrected chi connectivity index (χ3v) is 4.92. The van der Waals surface area contributed by atoms with Gasteiger partial charge in [0.15, 0.2) is 8.68 Å². The summed E-state index contributed by atoms with van der Waals surface area (Å²) < 4.78 is 1.91. The molecule has 2 rings (SSSR count). The third kappa shape index (κ3) is 3.41. The Morgan fingerprint density at radius 2 is 2.06 bits per heavy atom. The Hall–Kier alpha value is -0.630. The Balaban J connectivity index is 2.08. The number of nitrogens with zero attached hydrogens (tertiary/aromatic N) is 3. The van der Waals surface area contributed by atoms with Gasteiger partial charge in [-0.25, -0.2) is 0 Å². The number of rotatable bonds is 4. The van der Waals surface area contributed by atoms with Crippen molar-refractivity contribution >= 4 is 34.9 Å². The van der Waals surface area contributed by atoms with E-state index in [2.05, 4.69) is 15.2 Å². The fourth-order valence-electron chi connectivity index (χ4n) is 1.14. The number of thioether (sulfide) groups is 1. The summed E-state index contributed by atoms with van der Waals surface area (Å²) in [5.74, 6) is 0. The highest BCUT2D eigenvalue weighted by molar-refractivity contribution is 8.03. The summed E-state index contributed by atoms with van der Waals surface area (Å²) in [5, 5.41) is 8.14. The largest absolute Gasteiger partial charge is 0.323 e. The van der Waals surface area contributed by atoms with Gasteiger partial charge in [0.2, 0.25) is 0 Å². The number of hydrogen-bond donors (Lipinski definition) is 1. The van der Waals surface area contributed by atoms with Crippen LogP contribution >= 0.6 is 34.9 Å². The van der Waals surface area contributed by atoms with Gasteiger partial charge in [-0.2, -0.15) is 0 Å². The van der Waals surface area contributed by atoms with E-state index in [0.29, 0.717) is 0 Å². The molecule has 0 aliphatic carbocycles. The third-order valence-electron chi connectivity index (χ3n) is 1.99. The predicted octanol–water partition coefficient (Wildman–Crippen LogP) is 2.83. The second-order valence-electron chi connectivity index (χ2n) is 3.35. The molecule has 2 N–H and O–H groups in total. The van der Waals surface area contributed by atoms with E-state index >= 15 is 0 Å². The summed E-state index contributed by atoms with van der Waals surface area (Å²) in [4.78, 5) is 5.36. The zero-order valence-corrected chi connectivity index (χ0v) is 11.9. The molecule has 0 radical (unpaired) electrons. The van der Waals surface area contributed by atoms with Crippen molar-refractivity contribution < 1.29 is 0 Å². The standard InChI is InChI=1S/C10H12N4S3/c1-6(11)8-4-3-7(5-12-8)16-10-14-13-9(15-2)17-10/h3-6H,11H2,1-2H3. The van der Waals surface area contributed by atoms with Gasteiger partial charge in [-0.3, -0.25) is 4.98 Å². The van der Waals surface area contributed by atoms with E-state index in [0.717, 1.165) is 19.3 Å². The number of aromatic nitrogens is 3. The van der Waals surface area contributed by atoms with Crippen molar-refractivity contribution in [1.82, 2.24) is 15.2 Å². The Bertz CT molecular complexity index is 481. The van der Waals surface area contributed by atoms with Gasteiger partial charge in [-0.05, 0) is 25.3 Å². The Kier molecular flexibility index (Phi) is 4.38. The molecule has 0 bridgehead atoms. The van der Waals surface area contributed by atoms with Gasteiger partial charge in [0.25, 0.3) is 0 Å². The molecular weight excluding hydrogens is 272 g/mol. The molecule has 0 fully saturated rings. The van der Waals surface area contributed by atoms with Gasteiger partial charge >= 0.3 is 0 Å².